The van der Waals surface area contributed by atoms with Crippen LogP contribution in [0, 0.1) is 0 Å². The van der Waals surface area contributed by atoms with E-state index < -0.39 is 10.0 Å². The molecule has 2 rings (SSSR count). The first-order chi connectivity index (χ1) is 9.95. The Bertz CT molecular complexity index is 569. The van der Waals surface area contributed by atoms with Gasteiger partial charge in [-0.25, -0.2) is 8.42 Å². The molecule has 1 atom stereocenters. The second-order valence-electron chi connectivity index (χ2n) is 5.20. The van der Waals surface area contributed by atoms with Gasteiger partial charge in [-0.15, -0.1) is 11.3 Å². The average Bonchev–Trinajstić information content (AvgIpc) is 3.04. The molecule has 0 amide bonds. The van der Waals surface area contributed by atoms with Crippen molar-refractivity contribution >= 4 is 53.2 Å². The standard InChI is InChI=1S/C13H20Br2N2O2S2/c1-2-3-7-17(9-10-5-4-6-16-10)21(18,19)11-8-12(14)20-13(11)15/h8,10,16H,2-7,9H2,1H3. The van der Waals surface area contributed by atoms with Crippen molar-refractivity contribution in [1.29, 1.82) is 0 Å². The Labute approximate surface area is 147 Å². The second-order valence-corrected chi connectivity index (χ2v) is 10.9. The molecule has 0 spiro atoms. The quantitative estimate of drug-likeness (QED) is 0.674. The lowest BCUT2D eigenvalue weighted by atomic mass is 10.2. The highest BCUT2D eigenvalue weighted by Crippen LogP contribution is 2.36. The Morgan fingerprint density at radius 3 is 2.76 bits per heavy atom. The molecular weight excluding hydrogens is 440 g/mol. The van der Waals surface area contributed by atoms with Crippen LogP contribution in [0.25, 0.3) is 0 Å². The van der Waals surface area contributed by atoms with E-state index in [-0.39, 0.29) is 6.04 Å². The number of nitrogens with zero attached hydrogens (tertiary/aromatic N) is 1. The molecule has 0 radical (unpaired) electrons. The van der Waals surface area contributed by atoms with Crippen LogP contribution in [0.5, 0.6) is 0 Å². The van der Waals surface area contributed by atoms with E-state index in [2.05, 4.69) is 44.1 Å². The summed E-state index contributed by atoms with van der Waals surface area (Å²) in [6.07, 6.45) is 4.04. The van der Waals surface area contributed by atoms with Crippen molar-refractivity contribution in [2.24, 2.45) is 0 Å². The molecule has 0 saturated carbocycles. The molecule has 1 aromatic rings. The Balaban J connectivity index is 2.22. The van der Waals surface area contributed by atoms with Crippen molar-refractivity contribution in [3.63, 3.8) is 0 Å². The molecular formula is C13H20Br2N2O2S2. The number of halogens is 2. The molecule has 1 N–H and O–H groups in total. The monoisotopic (exact) mass is 458 g/mol. The summed E-state index contributed by atoms with van der Waals surface area (Å²) < 4.78 is 28.9. The molecule has 4 nitrogen and oxygen atoms in total. The first-order valence-corrected chi connectivity index (χ1v) is 11.0. The number of hydrogen-bond donors (Lipinski definition) is 1. The number of unbranched alkanes of at least 4 members (excludes halogenated alkanes) is 1. The maximum absolute atomic E-state index is 12.9. The lowest BCUT2D eigenvalue weighted by Gasteiger charge is -2.25. The SMILES string of the molecule is CCCCN(CC1CCCN1)S(=O)(=O)c1cc(Br)sc1Br. The number of nitrogens with one attached hydrogen (secondary N) is 1. The van der Waals surface area contributed by atoms with Crippen LogP contribution in [0.1, 0.15) is 32.6 Å². The fraction of sp³-hybridized carbons (Fsp3) is 0.692. The predicted octanol–water partition coefficient (Wildman–Crippen LogP) is 3.82. The molecule has 21 heavy (non-hydrogen) atoms. The molecule has 1 aliphatic rings. The van der Waals surface area contributed by atoms with Gasteiger partial charge in [0.05, 0.1) is 7.57 Å². The summed E-state index contributed by atoms with van der Waals surface area (Å²) in [6, 6.07) is 1.96. The molecule has 1 unspecified atom stereocenters. The molecule has 1 aliphatic heterocycles. The topological polar surface area (TPSA) is 49.4 Å². The fourth-order valence-corrected chi connectivity index (χ4v) is 7.73. The Morgan fingerprint density at radius 1 is 1.48 bits per heavy atom. The zero-order valence-corrected chi connectivity index (χ0v) is 16.7. The van der Waals surface area contributed by atoms with Gasteiger partial charge < -0.3 is 5.32 Å². The molecule has 120 valence electrons. The summed E-state index contributed by atoms with van der Waals surface area (Å²) in [5.41, 5.74) is 0. The van der Waals surface area contributed by atoms with Gasteiger partial charge in [0.25, 0.3) is 0 Å². The van der Waals surface area contributed by atoms with E-state index in [0.717, 1.165) is 36.0 Å². The Kier molecular flexibility index (Phi) is 6.71. The third-order valence-corrected chi connectivity index (χ3v) is 8.21. The number of thiophene rings is 1. The van der Waals surface area contributed by atoms with Gasteiger partial charge in [-0.1, -0.05) is 13.3 Å². The minimum Gasteiger partial charge on any atom is -0.313 e. The molecule has 1 saturated heterocycles. The maximum Gasteiger partial charge on any atom is 0.245 e. The third-order valence-electron chi connectivity index (χ3n) is 3.59. The van der Waals surface area contributed by atoms with Crippen LogP contribution in [0.2, 0.25) is 0 Å². The van der Waals surface area contributed by atoms with Gasteiger partial charge in [0.15, 0.2) is 0 Å². The average molecular weight is 460 g/mol. The minimum atomic E-state index is -3.44. The molecule has 8 heteroatoms. The van der Waals surface area contributed by atoms with Crippen LogP contribution in [-0.2, 0) is 10.0 Å². The second kappa shape index (κ2) is 7.88. The van der Waals surface area contributed by atoms with Crippen molar-refractivity contribution in [3.8, 4) is 0 Å². The first kappa shape index (κ1) is 17.9. The van der Waals surface area contributed by atoms with Crippen LogP contribution >= 0.6 is 43.2 Å². The van der Waals surface area contributed by atoms with Gasteiger partial charge in [0, 0.05) is 19.1 Å². The molecule has 0 aliphatic carbocycles. The van der Waals surface area contributed by atoms with E-state index in [9.17, 15) is 8.42 Å². The fourth-order valence-electron chi connectivity index (χ4n) is 2.44. The third kappa shape index (κ3) is 4.51. The predicted molar refractivity (Wildman–Crippen MR) is 94.4 cm³/mol. The Hall–Kier alpha value is 0.530. The summed E-state index contributed by atoms with van der Waals surface area (Å²) >= 11 is 8.12. The largest absolute Gasteiger partial charge is 0.313 e. The van der Waals surface area contributed by atoms with E-state index >= 15 is 0 Å². The molecule has 0 bridgehead atoms. The van der Waals surface area contributed by atoms with Gasteiger partial charge in [-0.3, -0.25) is 0 Å². The van der Waals surface area contributed by atoms with Crippen LogP contribution < -0.4 is 5.32 Å². The van der Waals surface area contributed by atoms with E-state index in [1.807, 2.05) is 0 Å². The molecule has 2 heterocycles. The van der Waals surface area contributed by atoms with Gasteiger partial charge in [0.2, 0.25) is 10.0 Å². The van der Waals surface area contributed by atoms with Crippen LogP contribution in [-0.4, -0.2) is 38.4 Å². The van der Waals surface area contributed by atoms with Crippen LogP contribution in [0.4, 0.5) is 0 Å². The van der Waals surface area contributed by atoms with Crippen molar-refractivity contribution in [2.75, 3.05) is 19.6 Å². The van der Waals surface area contributed by atoms with Gasteiger partial charge in [-0.05, 0) is 63.7 Å². The summed E-state index contributed by atoms with van der Waals surface area (Å²) in [6.45, 7) is 4.20. The first-order valence-electron chi connectivity index (χ1n) is 7.13. The van der Waals surface area contributed by atoms with Crippen LogP contribution in [0.15, 0.2) is 18.5 Å². The van der Waals surface area contributed by atoms with Crippen molar-refractivity contribution in [1.82, 2.24) is 9.62 Å². The van der Waals surface area contributed by atoms with Crippen LogP contribution in [0.3, 0.4) is 0 Å². The van der Waals surface area contributed by atoms with E-state index in [1.54, 1.807) is 10.4 Å². The lowest BCUT2D eigenvalue weighted by Crippen LogP contribution is -2.41. The summed E-state index contributed by atoms with van der Waals surface area (Å²) in [7, 11) is -3.44. The van der Waals surface area contributed by atoms with Crippen molar-refractivity contribution < 1.29 is 8.42 Å². The zero-order chi connectivity index (χ0) is 15.5. The minimum absolute atomic E-state index is 0.275. The summed E-state index contributed by atoms with van der Waals surface area (Å²) in [4.78, 5) is 0.369. The van der Waals surface area contributed by atoms with Gasteiger partial charge in [-0.2, -0.15) is 4.31 Å². The number of hydrogen-bond acceptors (Lipinski definition) is 4. The van der Waals surface area contributed by atoms with Gasteiger partial charge in [0.1, 0.15) is 4.90 Å². The van der Waals surface area contributed by atoms with Crippen molar-refractivity contribution in [2.45, 2.75) is 43.5 Å². The molecule has 0 aromatic carbocycles. The van der Waals surface area contributed by atoms with Gasteiger partial charge >= 0.3 is 0 Å². The highest BCUT2D eigenvalue weighted by Gasteiger charge is 2.30. The molecule has 1 fully saturated rings. The van der Waals surface area contributed by atoms with E-state index in [0.29, 0.717) is 21.8 Å². The van der Waals surface area contributed by atoms with E-state index in [4.69, 9.17) is 0 Å². The summed E-state index contributed by atoms with van der Waals surface area (Å²) in [5.74, 6) is 0. The molecule has 1 aromatic heterocycles. The maximum atomic E-state index is 12.9. The normalized spacial score (nSPS) is 19.5. The smallest absolute Gasteiger partial charge is 0.245 e. The Morgan fingerprint density at radius 2 is 2.24 bits per heavy atom. The zero-order valence-electron chi connectivity index (χ0n) is 11.9. The lowest BCUT2D eigenvalue weighted by molar-refractivity contribution is 0.364. The highest BCUT2D eigenvalue weighted by atomic mass is 79.9. The highest BCUT2D eigenvalue weighted by molar-refractivity contribution is 9.12. The summed E-state index contributed by atoms with van der Waals surface area (Å²) in [5, 5.41) is 3.38. The van der Waals surface area contributed by atoms with E-state index in [1.165, 1.54) is 11.3 Å². The number of sulfonamides is 1. The number of rotatable bonds is 7. The van der Waals surface area contributed by atoms with Crippen molar-refractivity contribution in [3.05, 3.63) is 13.6 Å².